The summed E-state index contributed by atoms with van der Waals surface area (Å²) in [6.45, 7) is 16.0. The zero-order valence-electron chi connectivity index (χ0n) is 10.4. The van der Waals surface area contributed by atoms with Crippen molar-refractivity contribution in [2.45, 2.75) is 68.4 Å². The van der Waals surface area contributed by atoms with E-state index in [1.807, 2.05) is 13.8 Å². The van der Waals surface area contributed by atoms with Gasteiger partial charge in [-0.2, -0.15) is 0 Å². The summed E-state index contributed by atoms with van der Waals surface area (Å²) in [7, 11) is 2.13. The van der Waals surface area contributed by atoms with Crippen molar-refractivity contribution in [3.05, 3.63) is 0 Å². The van der Waals surface area contributed by atoms with Crippen LogP contribution in [0.5, 0.6) is 0 Å². The van der Waals surface area contributed by atoms with Crippen LogP contribution in [0.1, 0.15) is 62.3 Å². The zero-order chi connectivity index (χ0) is 10.6. The van der Waals surface area contributed by atoms with E-state index in [2.05, 4.69) is 46.6 Å². The number of hydrogen-bond donors (Lipinski definition) is 0. The maximum Gasteiger partial charge on any atom is 0.00354 e. The van der Waals surface area contributed by atoms with Crippen molar-refractivity contribution in [1.29, 1.82) is 0 Å². The largest absolute Gasteiger partial charge is 0.304 e. The molecule has 1 nitrogen and oxygen atoms in total. The summed E-state index contributed by atoms with van der Waals surface area (Å²) < 4.78 is 0. The molecule has 0 bridgehead atoms. The number of rotatable bonds is 2. The molecule has 0 atom stereocenters. The van der Waals surface area contributed by atoms with Gasteiger partial charge in [-0.05, 0) is 27.4 Å². The van der Waals surface area contributed by atoms with Crippen LogP contribution in [-0.4, -0.2) is 24.5 Å². The summed E-state index contributed by atoms with van der Waals surface area (Å²) in [4.78, 5) is 2.29. The van der Waals surface area contributed by atoms with Crippen molar-refractivity contribution in [3.8, 4) is 0 Å². The van der Waals surface area contributed by atoms with Gasteiger partial charge in [0, 0.05) is 6.04 Å². The topological polar surface area (TPSA) is 3.24 Å². The number of nitrogens with zero attached hydrogens (tertiary/aromatic N) is 1. The van der Waals surface area contributed by atoms with E-state index in [9.17, 15) is 0 Å². The van der Waals surface area contributed by atoms with Gasteiger partial charge in [-0.25, -0.2) is 0 Å². The van der Waals surface area contributed by atoms with Crippen LogP contribution in [0.4, 0.5) is 0 Å². The average Bonchev–Trinajstić information content (AvgIpc) is 2.08. The fourth-order valence-corrected chi connectivity index (χ4v) is 0.365. The van der Waals surface area contributed by atoms with E-state index < -0.39 is 0 Å². The highest BCUT2D eigenvalue weighted by molar-refractivity contribution is 4.51. The highest BCUT2D eigenvalue weighted by Crippen LogP contribution is 1.89. The van der Waals surface area contributed by atoms with Gasteiger partial charge in [0.05, 0.1) is 0 Å². The third kappa shape index (κ3) is 33.4. The van der Waals surface area contributed by atoms with Crippen molar-refractivity contribution in [2.24, 2.45) is 0 Å². The van der Waals surface area contributed by atoms with E-state index in [1.165, 1.54) is 6.42 Å². The maximum atomic E-state index is 2.29. The first-order valence-electron chi connectivity index (χ1n) is 5.30. The summed E-state index contributed by atoms with van der Waals surface area (Å²) in [5, 5.41) is 0. The molecule has 86 valence electrons. The summed E-state index contributed by atoms with van der Waals surface area (Å²) >= 11 is 0. The molecule has 0 rings (SSSR count). The van der Waals surface area contributed by atoms with Crippen LogP contribution in [0.2, 0.25) is 0 Å². The van der Waals surface area contributed by atoms with E-state index >= 15 is 0 Å². The van der Waals surface area contributed by atoms with Crippen LogP contribution < -0.4 is 0 Å². The summed E-state index contributed by atoms with van der Waals surface area (Å²) in [6, 6.07) is 0.699. The maximum absolute atomic E-state index is 2.29. The first-order chi connectivity index (χ1) is 5.59. The van der Waals surface area contributed by atoms with E-state index in [1.54, 1.807) is 0 Å². The molecule has 0 aliphatic carbocycles. The Hall–Kier alpha value is -0.0400. The van der Waals surface area contributed by atoms with Crippen molar-refractivity contribution in [1.82, 2.24) is 4.90 Å². The van der Waals surface area contributed by atoms with Gasteiger partial charge in [0.15, 0.2) is 0 Å². The molecule has 0 aliphatic heterocycles. The smallest absolute Gasteiger partial charge is 0.00354 e. The molecule has 0 fully saturated rings. The standard InChI is InChI=1S/C6H15N.C3H8.C2H6.CH4/c1-5-7(4)6(2)3;1-3-2;1-2;/h6H,5H2,1-4H3;3H2,1-2H3;1-2H3;1H4. The van der Waals surface area contributed by atoms with Gasteiger partial charge in [0.25, 0.3) is 0 Å². The molecule has 0 saturated heterocycles. The lowest BCUT2D eigenvalue weighted by atomic mass is 10.3. The minimum Gasteiger partial charge on any atom is -0.304 e. The normalized spacial score (nSPS) is 7.85. The van der Waals surface area contributed by atoms with E-state index in [4.69, 9.17) is 0 Å². The predicted molar refractivity (Wildman–Crippen MR) is 67.5 cm³/mol. The Morgan fingerprint density at radius 3 is 1.23 bits per heavy atom. The molecule has 0 N–H and O–H groups in total. The lowest BCUT2D eigenvalue weighted by molar-refractivity contribution is 0.289. The molecular weight excluding hydrogens is 158 g/mol. The highest BCUT2D eigenvalue weighted by atomic mass is 15.1. The summed E-state index contributed by atoms with van der Waals surface area (Å²) in [5.74, 6) is 0. The van der Waals surface area contributed by atoms with Crippen LogP contribution in [0.25, 0.3) is 0 Å². The fourth-order valence-electron chi connectivity index (χ4n) is 0.365. The third-order valence-corrected chi connectivity index (χ3v) is 1.38. The van der Waals surface area contributed by atoms with Gasteiger partial charge < -0.3 is 4.90 Å². The average molecular weight is 191 g/mol. The zero-order valence-corrected chi connectivity index (χ0v) is 10.4. The van der Waals surface area contributed by atoms with Gasteiger partial charge >= 0.3 is 0 Å². The minimum atomic E-state index is 0. The molecule has 13 heavy (non-hydrogen) atoms. The lowest BCUT2D eigenvalue weighted by Crippen LogP contribution is -2.25. The van der Waals surface area contributed by atoms with Crippen LogP contribution in [0.3, 0.4) is 0 Å². The predicted octanol–water partition coefficient (Wildman–Crippen LogP) is 4.43. The second-order valence-corrected chi connectivity index (χ2v) is 2.87. The Balaban J connectivity index is -0.0000000581. The van der Waals surface area contributed by atoms with Crippen molar-refractivity contribution in [2.75, 3.05) is 13.6 Å². The van der Waals surface area contributed by atoms with E-state index in [0.29, 0.717) is 6.04 Å². The molecule has 0 heterocycles. The molecule has 1 heteroatoms. The lowest BCUT2D eigenvalue weighted by Gasteiger charge is -2.17. The molecule has 0 aliphatic rings. The Morgan fingerprint density at radius 2 is 1.23 bits per heavy atom. The molecule has 0 aromatic heterocycles. The van der Waals surface area contributed by atoms with Gasteiger partial charge in [-0.15, -0.1) is 0 Å². The fraction of sp³-hybridized carbons (Fsp3) is 1.00. The molecular formula is C12H33N. The van der Waals surface area contributed by atoms with Crippen LogP contribution >= 0.6 is 0 Å². The third-order valence-electron chi connectivity index (χ3n) is 1.38. The molecule has 0 radical (unpaired) electrons. The van der Waals surface area contributed by atoms with Gasteiger partial charge in [-0.1, -0.05) is 48.5 Å². The quantitative estimate of drug-likeness (QED) is 0.624. The second kappa shape index (κ2) is 22.7. The van der Waals surface area contributed by atoms with Gasteiger partial charge in [-0.3, -0.25) is 0 Å². The first-order valence-corrected chi connectivity index (χ1v) is 5.30. The first kappa shape index (κ1) is 23.1. The molecule has 0 amide bonds. The Kier molecular flexibility index (Phi) is 40.3. The van der Waals surface area contributed by atoms with Crippen molar-refractivity contribution >= 4 is 0 Å². The molecule has 0 aromatic carbocycles. The van der Waals surface area contributed by atoms with Crippen molar-refractivity contribution < 1.29 is 0 Å². The Bertz CT molecular complexity index is 51.1. The highest BCUT2D eigenvalue weighted by Gasteiger charge is 1.95. The Labute approximate surface area is 87.5 Å². The van der Waals surface area contributed by atoms with Gasteiger partial charge in [0.2, 0.25) is 0 Å². The van der Waals surface area contributed by atoms with E-state index in [-0.39, 0.29) is 7.43 Å². The van der Waals surface area contributed by atoms with Gasteiger partial charge in [0.1, 0.15) is 0 Å². The molecule has 0 saturated carbocycles. The second-order valence-electron chi connectivity index (χ2n) is 2.87. The molecule has 0 spiro atoms. The Morgan fingerprint density at radius 1 is 1.00 bits per heavy atom. The summed E-state index contributed by atoms with van der Waals surface area (Å²) in [6.07, 6.45) is 1.25. The summed E-state index contributed by atoms with van der Waals surface area (Å²) in [5.41, 5.74) is 0. The van der Waals surface area contributed by atoms with Crippen molar-refractivity contribution in [3.63, 3.8) is 0 Å². The van der Waals surface area contributed by atoms with Crippen LogP contribution in [0.15, 0.2) is 0 Å². The monoisotopic (exact) mass is 191 g/mol. The van der Waals surface area contributed by atoms with E-state index in [0.717, 1.165) is 6.54 Å². The van der Waals surface area contributed by atoms with Crippen LogP contribution in [0, 0.1) is 0 Å². The SMILES string of the molecule is C.CC.CCC.CCN(C)C(C)C. The van der Waals surface area contributed by atoms with Crippen LogP contribution in [-0.2, 0) is 0 Å². The molecule has 0 aromatic rings. The number of hydrogen-bond acceptors (Lipinski definition) is 1. The molecule has 0 unspecified atom stereocenters. The minimum absolute atomic E-state index is 0.